The van der Waals surface area contributed by atoms with E-state index in [0.717, 1.165) is 25.0 Å². The smallest absolute Gasteiger partial charge is 0.480 e. The van der Waals surface area contributed by atoms with Crippen molar-refractivity contribution in [1.82, 2.24) is 24.6 Å². The summed E-state index contributed by atoms with van der Waals surface area (Å²) in [6.07, 6.45) is 3.80. The molecule has 0 bridgehead atoms. The van der Waals surface area contributed by atoms with Crippen molar-refractivity contribution >= 4 is 36.9 Å². The van der Waals surface area contributed by atoms with E-state index in [1.807, 2.05) is 13.8 Å². The van der Waals surface area contributed by atoms with Gasteiger partial charge in [-0.1, -0.05) is 50.8 Å². The molecule has 0 unspecified atom stereocenters. The van der Waals surface area contributed by atoms with Crippen molar-refractivity contribution in [2.75, 3.05) is 12.3 Å². The van der Waals surface area contributed by atoms with Crippen molar-refractivity contribution in [3.63, 3.8) is 0 Å². The largest absolute Gasteiger partial charge is 0.508 e. The number of carbonyl (C=O) groups is 2. The standard InChI is InChI=1S/C35H38F3N6O9P/c1-4-10-24(11-5-2)50-34(47)51-27-18-28(44-20-40-29-30(39)41-33(38)42-31(29)44)52-35(27,6-3)19-49-54(48,53-25-12-8-7-9-13-25)43-26(32(45)46)16-21-14-22(36)17-23(37)15-21/h3,7-9,12-15,17,20,24,26-28H,4-5,10-11,16,18-19H2,1-2H3,(H,43,48)(H,45,46)(H2,39,41,42)/t26-,27-,28+,35+,54-/m0/s1. The van der Waals surface area contributed by atoms with E-state index in [-0.39, 0.29) is 34.7 Å². The molecule has 5 rings (SSSR count). The minimum atomic E-state index is -4.83. The lowest BCUT2D eigenvalue weighted by Gasteiger charge is -2.31. The molecule has 2 aromatic heterocycles. The highest BCUT2D eigenvalue weighted by Gasteiger charge is 2.53. The zero-order valence-electron chi connectivity index (χ0n) is 29.2. The van der Waals surface area contributed by atoms with Crippen molar-refractivity contribution in [1.29, 1.82) is 0 Å². The van der Waals surface area contributed by atoms with Gasteiger partial charge in [-0.15, -0.1) is 6.42 Å². The first-order valence-electron chi connectivity index (χ1n) is 16.9. The summed E-state index contributed by atoms with van der Waals surface area (Å²) in [6, 6.07) is 8.22. The first-order chi connectivity index (χ1) is 25.8. The molecule has 4 N–H and O–H groups in total. The molecule has 0 amide bonds. The van der Waals surface area contributed by atoms with Crippen molar-refractivity contribution in [2.45, 2.75) is 82.5 Å². The number of anilines is 1. The SMILES string of the molecule is C#C[C@]1(CO[P@@](=O)(N[C@@H](Cc2cc(F)cc(F)c2)C(=O)O)Oc2ccccc2)O[C@@H](n2cnc3c(N)nc(F)nc32)C[C@@H]1OC(=O)OC(CCC)CCC. The molecule has 0 radical (unpaired) electrons. The van der Waals surface area contributed by atoms with Gasteiger partial charge in [-0.25, -0.2) is 23.1 Å². The van der Waals surface area contributed by atoms with Crippen molar-refractivity contribution in [2.24, 2.45) is 0 Å². The molecule has 2 aromatic carbocycles. The zero-order valence-corrected chi connectivity index (χ0v) is 30.1. The molecular formula is C35H38F3N6O9P. The highest BCUT2D eigenvalue weighted by atomic mass is 31.2. The highest BCUT2D eigenvalue weighted by Crippen LogP contribution is 2.49. The molecule has 288 valence electrons. The molecule has 4 aromatic rings. The average molecular weight is 775 g/mol. The van der Waals surface area contributed by atoms with Crippen LogP contribution in [0.2, 0.25) is 0 Å². The summed E-state index contributed by atoms with van der Waals surface area (Å²) in [6.45, 7) is 3.00. The number of nitrogens with zero attached hydrogens (tertiary/aromatic N) is 4. The molecule has 54 heavy (non-hydrogen) atoms. The maximum Gasteiger partial charge on any atom is 0.508 e. The monoisotopic (exact) mass is 774 g/mol. The molecule has 1 aliphatic heterocycles. The van der Waals surface area contributed by atoms with Crippen LogP contribution in [0.1, 0.15) is 57.7 Å². The third kappa shape index (κ3) is 9.66. The fourth-order valence-electron chi connectivity index (χ4n) is 5.89. The van der Waals surface area contributed by atoms with E-state index in [9.17, 15) is 32.4 Å². The third-order valence-corrected chi connectivity index (χ3v) is 9.92. The van der Waals surface area contributed by atoms with Crippen LogP contribution >= 0.6 is 7.75 Å². The van der Waals surface area contributed by atoms with Crippen LogP contribution in [0.15, 0.2) is 54.9 Å². The number of para-hydroxylation sites is 1. The molecule has 3 heterocycles. The number of halogens is 3. The zero-order chi connectivity index (χ0) is 39.0. The lowest BCUT2D eigenvalue weighted by molar-refractivity contribution is -0.139. The summed E-state index contributed by atoms with van der Waals surface area (Å²) >= 11 is 0. The maximum absolute atomic E-state index is 14.5. The summed E-state index contributed by atoms with van der Waals surface area (Å²) in [5.74, 6) is -1.34. The second kappa shape index (κ2) is 17.3. The number of rotatable bonds is 17. The Bertz CT molecular complexity index is 2030. The highest BCUT2D eigenvalue weighted by molar-refractivity contribution is 7.52. The number of terminal acetylenes is 1. The summed E-state index contributed by atoms with van der Waals surface area (Å²) in [4.78, 5) is 37.0. The summed E-state index contributed by atoms with van der Waals surface area (Å²) in [7, 11) is -4.83. The number of imidazole rings is 1. The molecule has 5 atom stereocenters. The second-order valence-corrected chi connectivity index (χ2v) is 14.1. The Labute approximate surface area is 307 Å². The van der Waals surface area contributed by atoms with Crippen LogP contribution < -0.4 is 15.3 Å². The number of hydrogen-bond donors (Lipinski definition) is 3. The van der Waals surface area contributed by atoms with Gasteiger partial charge in [0.15, 0.2) is 28.7 Å². The molecule has 19 heteroatoms. The minimum Gasteiger partial charge on any atom is -0.480 e. The van der Waals surface area contributed by atoms with Gasteiger partial charge in [0.1, 0.15) is 42.4 Å². The van der Waals surface area contributed by atoms with E-state index in [4.69, 9.17) is 35.4 Å². The quantitative estimate of drug-likeness (QED) is 0.0481. The summed E-state index contributed by atoms with van der Waals surface area (Å²) in [5, 5.41) is 12.4. The number of carboxylic acid groups (broad SMARTS) is 1. The fraction of sp³-hybridized carbons (Fsp3) is 0.400. The van der Waals surface area contributed by atoms with Crippen LogP contribution in [0.25, 0.3) is 11.2 Å². The van der Waals surface area contributed by atoms with Gasteiger partial charge in [0.2, 0.25) is 0 Å². The van der Waals surface area contributed by atoms with Crippen LogP contribution in [0.5, 0.6) is 5.75 Å². The van der Waals surface area contributed by atoms with E-state index in [0.29, 0.717) is 18.9 Å². The molecule has 0 aliphatic carbocycles. The molecule has 1 fully saturated rings. The lowest BCUT2D eigenvalue weighted by Crippen LogP contribution is -2.46. The number of benzene rings is 2. The molecule has 15 nitrogen and oxygen atoms in total. The molecule has 0 spiro atoms. The van der Waals surface area contributed by atoms with Crippen LogP contribution in [-0.2, 0) is 34.5 Å². The average Bonchev–Trinajstić information content (AvgIpc) is 3.69. The van der Waals surface area contributed by atoms with E-state index in [2.05, 4.69) is 26.0 Å². The van der Waals surface area contributed by atoms with Crippen LogP contribution in [0, 0.1) is 30.1 Å². The van der Waals surface area contributed by atoms with Gasteiger partial charge in [-0.3, -0.25) is 13.9 Å². The number of aliphatic carboxylic acids is 1. The lowest BCUT2D eigenvalue weighted by atomic mass is 9.99. The van der Waals surface area contributed by atoms with Crippen LogP contribution in [0.3, 0.4) is 0 Å². The van der Waals surface area contributed by atoms with Gasteiger partial charge in [0.25, 0.3) is 0 Å². The Hall–Kier alpha value is -5.21. The number of aromatic nitrogens is 4. The number of nitrogens with two attached hydrogens (primary N) is 1. The van der Waals surface area contributed by atoms with Gasteiger partial charge in [0, 0.05) is 12.5 Å². The molecule has 0 saturated carbocycles. The van der Waals surface area contributed by atoms with Crippen molar-refractivity contribution < 1.29 is 55.7 Å². The van der Waals surface area contributed by atoms with Gasteiger partial charge < -0.3 is 29.6 Å². The molecule has 1 aliphatic rings. The summed E-state index contributed by atoms with van der Waals surface area (Å²) in [5.41, 5.74) is 3.64. The topological polar surface area (TPSA) is 199 Å². The van der Waals surface area contributed by atoms with Gasteiger partial charge in [-0.05, 0) is 49.1 Å². The van der Waals surface area contributed by atoms with E-state index < -0.39 is 80.7 Å². The van der Waals surface area contributed by atoms with Crippen LogP contribution in [0.4, 0.5) is 23.8 Å². The Morgan fingerprint density at radius 3 is 2.46 bits per heavy atom. The predicted molar refractivity (Wildman–Crippen MR) is 186 cm³/mol. The van der Waals surface area contributed by atoms with Gasteiger partial charge >= 0.3 is 25.9 Å². The minimum absolute atomic E-state index is 0.0206. The Balaban J connectivity index is 1.48. The number of carbonyl (C=O) groups excluding carboxylic acids is 1. The Morgan fingerprint density at radius 2 is 1.83 bits per heavy atom. The number of hydrogen-bond acceptors (Lipinski definition) is 12. The van der Waals surface area contributed by atoms with E-state index in [1.165, 1.54) is 23.0 Å². The number of fused-ring (bicyclic) bond motifs is 1. The normalized spacial score (nSPS) is 19.9. The van der Waals surface area contributed by atoms with E-state index >= 15 is 0 Å². The number of nitrogens with one attached hydrogen (secondary N) is 1. The van der Waals surface area contributed by atoms with Crippen molar-refractivity contribution in [3.8, 4) is 18.1 Å². The third-order valence-electron chi connectivity index (χ3n) is 8.37. The molecule has 1 saturated heterocycles. The van der Waals surface area contributed by atoms with Gasteiger partial charge in [-0.2, -0.15) is 19.4 Å². The second-order valence-electron chi connectivity index (χ2n) is 12.4. The first kappa shape index (κ1) is 40.0. The predicted octanol–water partition coefficient (Wildman–Crippen LogP) is 6.10. The number of ether oxygens (including phenoxy) is 3. The summed E-state index contributed by atoms with van der Waals surface area (Å²) < 4.78 is 87.1. The first-order valence-corrected chi connectivity index (χ1v) is 18.4. The maximum atomic E-state index is 14.5. The Morgan fingerprint density at radius 1 is 1.15 bits per heavy atom. The fourth-order valence-corrected chi connectivity index (χ4v) is 7.42. The number of carboxylic acids is 1. The van der Waals surface area contributed by atoms with E-state index in [1.54, 1.807) is 18.2 Å². The Kier molecular flexibility index (Phi) is 12.8. The van der Waals surface area contributed by atoms with Gasteiger partial charge in [0.05, 0.1) is 6.33 Å². The van der Waals surface area contributed by atoms with Crippen molar-refractivity contribution in [3.05, 3.63) is 78.1 Å². The van der Waals surface area contributed by atoms with Crippen LogP contribution in [-0.4, -0.2) is 67.2 Å². The number of nitrogen functional groups attached to an aromatic ring is 1. The molecular weight excluding hydrogens is 736 g/mol.